The predicted molar refractivity (Wildman–Crippen MR) is 70.6 cm³/mol. The number of benzene rings is 1. The van der Waals surface area contributed by atoms with Crippen LogP contribution >= 0.6 is 0 Å². The van der Waals surface area contributed by atoms with Gasteiger partial charge in [0.25, 0.3) is 5.91 Å². The third-order valence-corrected chi connectivity index (χ3v) is 3.26. The van der Waals surface area contributed by atoms with Crippen LogP contribution in [0.15, 0.2) is 18.2 Å². The van der Waals surface area contributed by atoms with Crippen molar-refractivity contribution >= 4 is 5.91 Å². The monoisotopic (exact) mass is 265 g/mol. The SMILES string of the molecule is COc1ccc(C(=O)NC2CCOC(C)C2)cc1O. The number of rotatable bonds is 3. The second-order valence-corrected chi connectivity index (χ2v) is 4.76. The van der Waals surface area contributed by atoms with Gasteiger partial charge in [0, 0.05) is 18.2 Å². The number of aromatic hydroxyl groups is 1. The molecular weight excluding hydrogens is 246 g/mol. The van der Waals surface area contributed by atoms with Gasteiger partial charge in [-0.15, -0.1) is 0 Å². The zero-order chi connectivity index (χ0) is 13.8. The molecule has 2 rings (SSSR count). The third-order valence-electron chi connectivity index (χ3n) is 3.26. The molecule has 0 radical (unpaired) electrons. The van der Waals surface area contributed by atoms with E-state index in [-0.39, 0.29) is 23.8 Å². The molecule has 1 fully saturated rings. The van der Waals surface area contributed by atoms with Crippen molar-refractivity contribution in [2.24, 2.45) is 0 Å². The van der Waals surface area contributed by atoms with Crippen molar-refractivity contribution in [3.63, 3.8) is 0 Å². The highest BCUT2D eigenvalue weighted by molar-refractivity contribution is 5.95. The first kappa shape index (κ1) is 13.7. The summed E-state index contributed by atoms with van der Waals surface area (Å²) in [5.74, 6) is 0.142. The van der Waals surface area contributed by atoms with Gasteiger partial charge < -0.3 is 19.9 Å². The van der Waals surface area contributed by atoms with Crippen molar-refractivity contribution in [1.82, 2.24) is 5.32 Å². The second-order valence-electron chi connectivity index (χ2n) is 4.76. The van der Waals surface area contributed by atoms with Crippen LogP contribution in [0.1, 0.15) is 30.1 Å². The average molecular weight is 265 g/mol. The minimum Gasteiger partial charge on any atom is -0.504 e. The standard InChI is InChI=1S/C14H19NO4/c1-9-7-11(5-6-19-9)15-14(17)10-3-4-13(18-2)12(16)8-10/h3-4,8-9,11,16H,5-7H2,1-2H3,(H,15,17). The van der Waals surface area contributed by atoms with Gasteiger partial charge in [0.15, 0.2) is 11.5 Å². The lowest BCUT2D eigenvalue weighted by molar-refractivity contribution is 0.0136. The lowest BCUT2D eigenvalue weighted by atomic mass is 10.0. The molecule has 1 heterocycles. The quantitative estimate of drug-likeness (QED) is 0.873. The molecule has 2 atom stereocenters. The summed E-state index contributed by atoms with van der Waals surface area (Å²) in [5, 5.41) is 12.6. The minimum atomic E-state index is -0.183. The van der Waals surface area contributed by atoms with Crippen LogP contribution in [0.25, 0.3) is 0 Å². The molecule has 1 aliphatic rings. The van der Waals surface area contributed by atoms with E-state index in [1.165, 1.54) is 13.2 Å². The maximum Gasteiger partial charge on any atom is 0.251 e. The van der Waals surface area contributed by atoms with Crippen molar-refractivity contribution in [2.45, 2.75) is 31.9 Å². The summed E-state index contributed by atoms with van der Waals surface area (Å²) < 4.78 is 10.4. The molecular formula is C14H19NO4. The summed E-state index contributed by atoms with van der Waals surface area (Å²) in [6.07, 6.45) is 1.80. The number of carbonyl (C=O) groups excluding carboxylic acids is 1. The fourth-order valence-corrected chi connectivity index (χ4v) is 2.23. The number of hydrogen-bond acceptors (Lipinski definition) is 4. The number of phenols is 1. The number of amides is 1. The Hall–Kier alpha value is -1.75. The van der Waals surface area contributed by atoms with E-state index in [0.717, 1.165) is 12.8 Å². The molecule has 0 saturated carbocycles. The van der Waals surface area contributed by atoms with Gasteiger partial charge >= 0.3 is 0 Å². The molecule has 19 heavy (non-hydrogen) atoms. The highest BCUT2D eigenvalue weighted by Gasteiger charge is 2.21. The summed E-state index contributed by atoms with van der Waals surface area (Å²) in [4.78, 5) is 12.1. The van der Waals surface area contributed by atoms with Gasteiger partial charge in [-0.05, 0) is 38.0 Å². The molecule has 0 aliphatic carbocycles. The fourth-order valence-electron chi connectivity index (χ4n) is 2.23. The van der Waals surface area contributed by atoms with Gasteiger partial charge in [-0.25, -0.2) is 0 Å². The number of carbonyl (C=O) groups is 1. The van der Waals surface area contributed by atoms with Crippen LogP contribution in [-0.2, 0) is 4.74 Å². The maximum atomic E-state index is 12.1. The Labute approximate surface area is 112 Å². The third kappa shape index (κ3) is 3.38. The minimum absolute atomic E-state index is 0.0319. The number of phenolic OH excluding ortho intramolecular Hbond substituents is 1. The average Bonchev–Trinajstić information content (AvgIpc) is 2.38. The van der Waals surface area contributed by atoms with Crippen LogP contribution in [0.2, 0.25) is 0 Å². The molecule has 2 N–H and O–H groups in total. The summed E-state index contributed by atoms with van der Waals surface area (Å²) in [5.41, 5.74) is 0.428. The van der Waals surface area contributed by atoms with E-state index in [4.69, 9.17) is 9.47 Å². The summed E-state index contributed by atoms with van der Waals surface area (Å²) in [6.45, 7) is 2.66. The molecule has 1 amide bonds. The van der Waals surface area contributed by atoms with E-state index < -0.39 is 0 Å². The topological polar surface area (TPSA) is 67.8 Å². The number of hydrogen-bond donors (Lipinski definition) is 2. The smallest absolute Gasteiger partial charge is 0.251 e. The van der Waals surface area contributed by atoms with Gasteiger partial charge in [-0.1, -0.05) is 0 Å². The van der Waals surface area contributed by atoms with Gasteiger partial charge in [0.2, 0.25) is 0 Å². The second kappa shape index (κ2) is 5.93. The normalized spacial score (nSPS) is 22.8. The Morgan fingerprint density at radius 1 is 1.53 bits per heavy atom. The molecule has 5 nitrogen and oxygen atoms in total. The summed E-state index contributed by atoms with van der Waals surface area (Å²) in [6, 6.07) is 4.75. The molecule has 1 aromatic carbocycles. The maximum absolute atomic E-state index is 12.1. The van der Waals surface area contributed by atoms with Gasteiger partial charge in [-0.2, -0.15) is 0 Å². The van der Waals surface area contributed by atoms with Crippen molar-refractivity contribution in [3.8, 4) is 11.5 Å². The van der Waals surface area contributed by atoms with Crippen molar-refractivity contribution in [3.05, 3.63) is 23.8 Å². The summed E-state index contributed by atoms with van der Waals surface area (Å²) in [7, 11) is 1.47. The molecule has 0 bridgehead atoms. The highest BCUT2D eigenvalue weighted by Crippen LogP contribution is 2.26. The van der Waals surface area contributed by atoms with E-state index in [1.54, 1.807) is 12.1 Å². The Balaban J connectivity index is 2.01. The number of ether oxygens (including phenoxy) is 2. The van der Waals surface area contributed by atoms with Crippen LogP contribution < -0.4 is 10.1 Å². The lowest BCUT2D eigenvalue weighted by Crippen LogP contribution is -2.41. The predicted octanol–water partition coefficient (Wildman–Crippen LogP) is 1.70. The van der Waals surface area contributed by atoms with Crippen LogP contribution in [0.3, 0.4) is 0 Å². The Morgan fingerprint density at radius 3 is 2.95 bits per heavy atom. The van der Waals surface area contributed by atoms with E-state index in [1.807, 2.05) is 6.92 Å². The van der Waals surface area contributed by atoms with Crippen LogP contribution in [0.5, 0.6) is 11.5 Å². The lowest BCUT2D eigenvalue weighted by Gasteiger charge is -2.27. The Bertz CT molecular complexity index is 461. The van der Waals surface area contributed by atoms with Crippen molar-refractivity contribution in [2.75, 3.05) is 13.7 Å². The molecule has 2 unspecified atom stereocenters. The molecule has 1 saturated heterocycles. The van der Waals surface area contributed by atoms with Gasteiger partial charge in [-0.3, -0.25) is 4.79 Å². The first-order valence-corrected chi connectivity index (χ1v) is 6.39. The van der Waals surface area contributed by atoms with Crippen LogP contribution in [-0.4, -0.2) is 36.9 Å². The zero-order valence-corrected chi connectivity index (χ0v) is 11.2. The highest BCUT2D eigenvalue weighted by atomic mass is 16.5. The molecule has 0 aromatic heterocycles. The molecule has 5 heteroatoms. The summed E-state index contributed by atoms with van der Waals surface area (Å²) >= 11 is 0. The van der Waals surface area contributed by atoms with Crippen molar-refractivity contribution in [1.29, 1.82) is 0 Å². The van der Waals surface area contributed by atoms with Gasteiger partial charge in [0.05, 0.1) is 13.2 Å². The first-order valence-electron chi connectivity index (χ1n) is 6.39. The largest absolute Gasteiger partial charge is 0.504 e. The Morgan fingerprint density at radius 2 is 2.32 bits per heavy atom. The van der Waals surface area contributed by atoms with Gasteiger partial charge in [0.1, 0.15) is 0 Å². The van der Waals surface area contributed by atoms with E-state index in [9.17, 15) is 9.90 Å². The molecule has 1 aliphatic heterocycles. The zero-order valence-electron chi connectivity index (χ0n) is 11.2. The number of methoxy groups -OCH3 is 1. The van der Waals surface area contributed by atoms with Crippen LogP contribution in [0, 0.1) is 0 Å². The number of nitrogens with one attached hydrogen (secondary N) is 1. The molecule has 1 aromatic rings. The van der Waals surface area contributed by atoms with E-state index in [2.05, 4.69) is 5.32 Å². The molecule has 104 valence electrons. The van der Waals surface area contributed by atoms with Crippen LogP contribution in [0.4, 0.5) is 0 Å². The van der Waals surface area contributed by atoms with E-state index >= 15 is 0 Å². The van der Waals surface area contributed by atoms with Crippen molar-refractivity contribution < 1.29 is 19.4 Å². The fraction of sp³-hybridized carbons (Fsp3) is 0.500. The first-order chi connectivity index (χ1) is 9.10. The molecule has 0 spiro atoms. The van der Waals surface area contributed by atoms with E-state index in [0.29, 0.717) is 17.9 Å². The Kier molecular flexibility index (Phi) is 4.27.